The molecule has 8 aromatic rings. The second-order valence-electron chi connectivity index (χ2n) is 29.2. The molecule has 3 aliphatic heterocycles. The summed E-state index contributed by atoms with van der Waals surface area (Å²) in [6, 6.07) is 30.9. The number of aromatic nitrogens is 2. The van der Waals surface area contributed by atoms with Crippen LogP contribution < -0.4 is 30.3 Å². The number of H-pyrrole nitrogens is 2. The number of thiophene rings is 1. The van der Waals surface area contributed by atoms with Gasteiger partial charge in [-0.2, -0.15) is 0 Å². The van der Waals surface area contributed by atoms with E-state index < -0.39 is 41.5 Å². The molecule has 3 aromatic heterocycles. The fourth-order valence-corrected chi connectivity index (χ4v) is 15.5. The molecule has 558 valence electrons. The number of carbonyl (C=O) groups excluding carboxylic acids is 10. The van der Waals surface area contributed by atoms with E-state index in [1.165, 1.54) is 46.1 Å². The lowest BCUT2D eigenvalue weighted by Gasteiger charge is -2.33. The number of nitrogens with zero attached hydrogens (tertiary/aromatic N) is 5. The summed E-state index contributed by atoms with van der Waals surface area (Å²) in [6.45, 7) is 14.2. The van der Waals surface area contributed by atoms with Crippen LogP contribution in [0.4, 0.5) is 21.0 Å². The van der Waals surface area contributed by atoms with Gasteiger partial charge in [0.25, 0.3) is 17.7 Å². The zero-order valence-electron chi connectivity index (χ0n) is 61.1. The van der Waals surface area contributed by atoms with E-state index in [1.807, 2.05) is 113 Å². The Kier molecular flexibility index (Phi) is 25.3. The quantitative estimate of drug-likeness (QED) is 0.0109. The van der Waals surface area contributed by atoms with Crippen LogP contribution in [-0.2, 0) is 53.0 Å². The van der Waals surface area contributed by atoms with Crippen LogP contribution in [-0.4, -0.2) is 173 Å². The van der Waals surface area contributed by atoms with Crippen LogP contribution in [0.25, 0.3) is 31.9 Å². The molecule has 25 heteroatoms. The molecule has 5 aromatic carbocycles. The van der Waals surface area contributed by atoms with Crippen LogP contribution in [0.3, 0.4) is 0 Å². The number of hydrogen-bond donors (Lipinski definition) is 5. The van der Waals surface area contributed by atoms with Gasteiger partial charge < -0.3 is 54.8 Å². The number of nitrogens with one attached hydrogen (secondary N) is 5. The molecule has 0 radical (unpaired) electrons. The number of alkyl halides is 1. The van der Waals surface area contributed by atoms with Gasteiger partial charge in [-0.1, -0.05) is 82.6 Å². The zero-order chi connectivity index (χ0) is 75.3. The van der Waals surface area contributed by atoms with Gasteiger partial charge in [0, 0.05) is 147 Å². The van der Waals surface area contributed by atoms with E-state index in [0.29, 0.717) is 72.9 Å². The summed E-state index contributed by atoms with van der Waals surface area (Å²) in [6.07, 6.45) is 5.67. The maximum absolute atomic E-state index is 14.7. The zero-order valence-corrected chi connectivity index (χ0v) is 62.7. The molecule has 1 saturated heterocycles. The maximum Gasteiger partial charge on any atom is 0.415 e. The lowest BCUT2D eigenvalue weighted by atomic mass is 9.92. The van der Waals surface area contributed by atoms with E-state index in [9.17, 15) is 47.9 Å². The van der Waals surface area contributed by atoms with Crippen molar-refractivity contribution in [3.05, 3.63) is 166 Å². The van der Waals surface area contributed by atoms with E-state index in [4.69, 9.17) is 25.8 Å². The van der Waals surface area contributed by atoms with Gasteiger partial charge in [0.05, 0.1) is 22.1 Å². The standard InChI is InChI=1S/C81H93ClN10O13S/c1-50(2)36-62(87-77(99)64(38-52-16-10-8-11-17-52)86-70(95)18-12-9-13-33-91-72(97)29-30-73(91)98)67(93)27-28-71(96)83-58-22-19-53(20-23-58)46-104-79(101)88(6)48-81(4,5)49-89(7)80(102)105-69-43-66-75(74-51(3)47-106-76(69)74)57(44-82)45-92(66)78(100)65-42-55-37-54(21-25-60(55)85-65)39-68(94)63-41-56-40-59(24-26-61(56)84-63)103-35-34-90-31-14-15-32-90/h8,10-11,16-17,19-26,29-30,37,40-43,47,50,57,62,64,84-85H,9,12-15,18,27-28,31-36,38-39,44-46,48-49H2,1-7H3,(H,83,96)(H,86,95)(H,87,99)/t57-,62+,64+/m1/s1. The number of ether oxygens (including phenoxy) is 3. The number of Topliss-reactive ketones (excluding diaryl/α,β-unsaturated/α-hetero) is 2. The molecule has 0 aliphatic carbocycles. The molecule has 3 aliphatic rings. The Morgan fingerprint density at radius 3 is 2.11 bits per heavy atom. The molecular formula is C81H93ClN10O13S. The number of aryl methyl sites for hydroxylation is 1. The molecule has 11 rings (SSSR count). The number of halogens is 1. The van der Waals surface area contributed by atoms with Gasteiger partial charge in [-0.15, -0.1) is 22.9 Å². The monoisotopic (exact) mass is 1480 g/mol. The first kappa shape index (κ1) is 76.9. The number of unbranched alkanes of at least 4 members (excludes halogenated alkanes) is 2. The number of fused-ring (bicyclic) bond motifs is 5. The minimum atomic E-state index is -0.993. The average Bonchev–Trinajstić information content (AvgIpc) is 1.60. The largest absolute Gasteiger partial charge is 0.492 e. The first-order valence-electron chi connectivity index (χ1n) is 36.3. The Morgan fingerprint density at radius 1 is 0.717 bits per heavy atom. The Morgan fingerprint density at radius 2 is 1.40 bits per heavy atom. The molecule has 5 N–H and O–H groups in total. The van der Waals surface area contributed by atoms with Crippen molar-refractivity contribution in [3.63, 3.8) is 0 Å². The highest BCUT2D eigenvalue weighted by Crippen LogP contribution is 2.49. The summed E-state index contributed by atoms with van der Waals surface area (Å²) < 4.78 is 18.7. The summed E-state index contributed by atoms with van der Waals surface area (Å²) in [5.41, 5.74) is 6.91. The number of imide groups is 1. The number of likely N-dealkylation sites (tertiary alicyclic amines) is 1. The molecule has 0 unspecified atom stereocenters. The smallest absolute Gasteiger partial charge is 0.415 e. The minimum Gasteiger partial charge on any atom is -0.492 e. The second kappa shape index (κ2) is 34.8. The van der Waals surface area contributed by atoms with Crippen molar-refractivity contribution in [2.45, 2.75) is 130 Å². The number of ketones is 2. The van der Waals surface area contributed by atoms with Gasteiger partial charge >= 0.3 is 12.2 Å². The third-order valence-corrected chi connectivity index (χ3v) is 21.0. The van der Waals surface area contributed by atoms with Gasteiger partial charge in [-0.25, -0.2) is 9.59 Å². The van der Waals surface area contributed by atoms with Crippen LogP contribution in [0, 0.1) is 18.3 Å². The van der Waals surface area contributed by atoms with Crippen LogP contribution in [0.15, 0.2) is 127 Å². The molecule has 106 heavy (non-hydrogen) atoms. The van der Waals surface area contributed by atoms with Gasteiger partial charge in [-0.3, -0.25) is 48.2 Å². The summed E-state index contributed by atoms with van der Waals surface area (Å²) in [7, 11) is 3.23. The first-order chi connectivity index (χ1) is 50.8. The number of benzene rings is 5. The SMILES string of the molecule is Cc1csc2c(OC(=O)N(C)CC(C)(C)CN(C)C(=O)OCc3ccc(NC(=O)CCC(=O)[C@H](CC(C)C)NC(=O)[C@H](Cc4ccccc4)NC(=O)CCCCCN4C(=O)C=CC4=O)cc3)cc3c(c12)[C@H](CCl)CN3C(=O)c1cc2cc(CC(=O)c3cc4cc(OCCN5CCCC5)ccc4[nH]3)ccc2[nH]1. The van der Waals surface area contributed by atoms with Crippen LogP contribution in [0.2, 0.25) is 0 Å². The Labute approximate surface area is 625 Å². The van der Waals surface area contributed by atoms with E-state index in [-0.39, 0.29) is 111 Å². The summed E-state index contributed by atoms with van der Waals surface area (Å²) in [5.74, 6) is -1.63. The van der Waals surface area contributed by atoms with Crippen LogP contribution >= 0.6 is 22.9 Å². The fourth-order valence-electron chi connectivity index (χ4n) is 14.2. The molecule has 6 heterocycles. The van der Waals surface area contributed by atoms with E-state index >= 15 is 0 Å². The molecule has 0 bridgehead atoms. The highest BCUT2D eigenvalue weighted by Gasteiger charge is 2.38. The highest BCUT2D eigenvalue weighted by atomic mass is 35.5. The van der Waals surface area contributed by atoms with Crippen LogP contribution in [0.5, 0.6) is 11.5 Å². The molecular weight excluding hydrogens is 1390 g/mol. The lowest BCUT2D eigenvalue weighted by Crippen LogP contribution is -2.52. The molecule has 0 saturated carbocycles. The van der Waals surface area contributed by atoms with Crippen LogP contribution in [0.1, 0.15) is 140 Å². The van der Waals surface area contributed by atoms with E-state index in [0.717, 1.165) is 84.4 Å². The number of anilines is 2. The Bertz CT molecular complexity index is 4600. The molecule has 3 atom stereocenters. The summed E-state index contributed by atoms with van der Waals surface area (Å²) >= 11 is 8.14. The van der Waals surface area contributed by atoms with Crippen molar-refractivity contribution < 1.29 is 62.2 Å². The molecule has 23 nitrogen and oxygen atoms in total. The predicted octanol–water partition coefficient (Wildman–Crippen LogP) is 12.8. The molecule has 1 fully saturated rings. The fraction of sp³-hybridized carbons (Fsp3) is 0.407. The lowest BCUT2D eigenvalue weighted by molar-refractivity contribution is -0.137. The van der Waals surface area contributed by atoms with Gasteiger partial charge in [0.15, 0.2) is 17.3 Å². The van der Waals surface area contributed by atoms with Crippen molar-refractivity contribution in [3.8, 4) is 11.5 Å². The topological polar surface area (TPSA) is 282 Å². The van der Waals surface area contributed by atoms with Crippen molar-refractivity contribution in [2.24, 2.45) is 11.3 Å². The van der Waals surface area contributed by atoms with Gasteiger partial charge in [-0.05, 0) is 146 Å². The van der Waals surface area contributed by atoms with Gasteiger partial charge in [0.2, 0.25) is 17.7 Å². The summed E-state index contributed by atoms with van der Waals surface area (Å²) in [4.78, 5) is 149. The highest BCUT2D eigenvalue weighted by molar-refractivity contribution is 7.17. The van der Waals surface area contributed by atoms with Gasteiger partial charge in [0.1, 0.15) is 30.7 Å². The number of hydrogen-bond acceptors (Lipinski definition) is 15. The van der Waals surface area contributed by atoms with Crippen molar-refractivity contribution in [1.82, 2.24) is 40.2 Å². The number of rotatable bonds is 34. The van der Waals surface area contributed by atoms with Crippen molar-refractivity contribution >= 4 is 125 Å². The Hall–Kier alpha value is -10.2. The number of carbonyl (C=O) groups is 10. The number of amides is 8. The average molecular weight is 1480 g/mol. The third-order valence-electron chi connectivity index (χ3n) is 19.5. The van der Waals surface area contributed by atoms with Crippen molar-refractivity contribution in [1.29, 1.82) is 0 Å². The van der Waals surface area contributed by atoms with Crippen molar-refractivity contribution in [2.75, 3.05) is 82.6 Å². The second-order valence-corrected chi connectivity index (χ2v) is 30.4. The molecule has 0 spiro atoms. The minimum absolute atomic E-state index is 0.00407. The Balaban J connectivity index is 0.635. The normalized spacial score (nSPS) is 15.0. The molecule has 8 amide bonds. The summed E-state index contributed by atoms with van der Waals surface area (Å²) in [5, 5.41) is 13.1. The third kappa shape index (κ3) is 19.7. The number of aromatic amines is 2. The van der Waals surface area contributed by atoms with E-state index in [2.05, 4.69) is 30.8 Å². The maximum atomic E-state index is 14.7. The van der Waals surface area contributed by atoms with E-state index in [1.54, 1.807) is 55.4 Å². The first-order valence-corrected chi connectivity index (χ1v) is 37.7. The predicted molar refractivity (Wildman–Crippen MR) is 410 cm³/mol.